The summed E-state index contributed by atoms with van der Waals surface area (Å²) in [5, 5.41) is 12.2. The van der Waals surface area contributed by atoms with E-state index in [1.807, 2.05) is 6.07 Å². The number of nitrogens with one attached hydrogen (secondary N) is 1. The van der Waals surface area contributed by atoms with E-state index in [-0.39, 0.29) is 6.61 Å². The van der Waals surface area contributed by atoms with Crippen molar-refractivity contribution in [2.75, 3.05) is 5.32 Å². The lowest BCUT2D eigenvalue weighted by Crippen LogP contribution is -2.31. The number of anilines is 1. The molecule has 130 valence electrons. The Morgan fingerprint density at radius 1 is 1.24 bits per heavy atom. The normalized spacial score (nSPS) is 15.6. The van der Waals surface area contributed by atoms with Crippen LogP contribution in [0.4, 0.5) is 10.5 Å². The Kier molecular flexibility index (Phi) is 5.09. The van der Waals surface area contributed by atoms with Gasteiger partial charge < -0.3 is 14.6 Å². The molecule has 0 saturated carbocycles. The lowest BCUT2D eigenvalue weighted by molar-refractivity contribution is -0.145. The van der Waals surface area contributed by atoms with Gasteiger partial charge in [0, 0.05) is 10.6 Å². The van der Waals surface area contributed by atoms with Crippen molar-refractivity contribution < 1.29 is 24.2 Å². The van der Waals surface area contributed by atoms with Crippen LogP contribution in [0, 0.1) is 0 Å². The minimum Gasteiger partial charge on any atom is -0.479 e. The number of hydrogen-bond donors (Lipinski definition) is 2. The average molecular weight is 362 g/mol. The highest BCUT2D eigenvalue weighted by molar-refractivity contribution is 6.31. The Morgan fingerprint density at radius 2 is 2.04 bits per heavy atom. The van der Waals surface area contributed by atoms with Crippen molar-refractivity contribution in [2.24, 2.45) is 0 Å². The number of aryl methyl sites for hydroxylation is 1. The molecule has 0 radical (unpaired) electrons. The van der Waals surface area contributed by atoms with E-state index < -0.39 is 18.2 Å². The standard InChI is InChI=1S/C18H16ClNO5/c19-13-6-2-1-4-12(13)10-24-18(23)20-14-7-3-5-11-8-9-15(17(21)22)25-16(11)14/h1-7,15H,8-10H2,(H,20,23)(H,21,22)/t15-/m1/s1. The zero-order valence-electron chi connectivity index (χ0n) is 13.2. The molecule has 1 aliphatic heterocycles. The van der Waals surface area contributed by atoms with Gasteiger partial charge in [0.05, 0.1) is 5.69 Å². The fraction of sp³-hybridized carbons (Fsp3) is 0.222. The van der Waals surface area contributed by atoms with Gasteiger partial charge in [0.15, 0.2) is 6.10 Å². The van der Waals surface area contributed by atoms with Crippen LogP contribution in [0.3, 0.4) is 0 Å². The summed E-state index contributed by atoms with van der Waals surface area (Å²) in [5.41, 5.74) is 1.92. The number of para-hydroxylation sites is 1. The maximum absolute atomic E-state index is 12.0. The molecule has 2 aromatic carbocycles. The highest BCUT2D eigenvalue weighted by Crippen LogP contribution is 2.35. The van der Waals surface area contributed by atoms with Gasteiger partial charge in [-0.25, -0.2) is 9.59 Å². The Balaban J connectivity index is 1.68. The third kappa shape index (κ3) is 4.03. The van der Waals surface area contributed by atoms with Crippen molar-refractivity contribution in [1.29, 1.82) is 0 Å². The van der Waals surface area contributed by atoms with E-state index in [9.17, 15) is 9.59 Å². The summed E-state index contributed by atoms with van der Waals surface area (Å²) >= 11 is 6.02. The molecule has 7 heteroatoms. The molecule has 0 saturated heterocycles. The largest absolute Gasteiger partial charge is 0.479 e. The van der Waals surface area contributed by atoms with Gasteiger partial charge in [0.2, 0.25) is 0 Å². The van der Waals surface area contributed by atoms with Crippen LogP contribution in [0.5, 0.6) is 5.75 Å². The van der Waals surface area contributed by atoms with E-state index in [1.165, 1.54) is 0 Å². The van der Waals surface area contributed by atoms with E-state index in [0.29, 0.717) is 34.9 Å². The van der Waals surface area contributed by atoms with Crippen LogP contribution in [-0.2, 0) is 22.6 Å². The second-order valence-electron chi connectivity index (χ2n) is 5.57. The number of carbonyl (C=O) groups is 2. The zero-order chi connectivity index (χ0) is 17.8. The summed E-state index contributed by atoms with van der Waals surface area (Å²) < 4.78 is 10.7. The first kappa shape index (κ1) is 17.1. The molecule has 0 aromatic heterocycles. The molecule has 2 N–H and O–H groups in total. The highest BCUT2D eigenvalue weighted by Gasteiger charge is 2.27. The van der Waals surface area contributed by atoms with Crippen molar-refractivity contribution in [1.82, 2.24) is 0 Å². The SMILES string of the molecule is O=C(Nc1cccc2c1O[C@@H](C(=O)O)CC2)OCc1ccccc1Cl. The minimum atomic E-state index is -1.03. The lowest BCUT2D eigenvalue weighted by Gasteiger charge is -2.25. The maximum Gasteiger partial charge on any atom is 0.412 e. The summed E-state index contributed by atoms with van der Waals surface area (Å²) in [6.07, 6.45) is -0.636. The fourth-order valence-electron chi connectivity index (χ4n) is 2.59. The number of aliphatic carboxylic acids is 1. The predicted octanol–water partition coefficient (Wildman–Crippen LogP) is 3.87. The van der Waals surface area contributed by atoms with E-state index >= 15 is 0 Å². The van der Waals surface area contributed by atoms with Crippen LogP contribution in [0.25, 0.3) is 0 Å². The number of benzene rings is 2. The molecule has 0 bridgehead atoms. The lowest BCUT2D eigenvalue weighted by atomic mass is 10.0. The predicted molar refractivity (Wildman–Crippen MR) is 92.1 cm³/mol. The maximum atomic E-state index is 12.0. The zero-order valence-corrected chi connectivity index (χ0v) is 14.0. The van der Waals surface area contributed by atoms with Crippen molar-refractivity contribution in [3.05, 3.63) is 58.6 Å². The Hall–Kier alpha value is -2.73. The molecule has 1 aliphatic rings. The van der Waals surface area contributed by atoms with Crippen molar-refractivity contribution in [3.63, 3.8) is 0 Å². The topological polar surface area (TPSA) is 84.9 Å². The van der Waals surface area contributed by atoms with Crippen LogP contribution in [-0.4, -0.2) is 23.3 Å². The molecule has 1 amide bonds. The second kappa shape index (κ2) is 7.44. The van der Waals surface area contributed by atoms with Crippen LogP contribution >= 0.6 is 11.6 Å². The monoisotopic (exact) mass is 361 g/mol. The third-order valence-electron chi connectivity index (χ3n) is 3.86. The molecule has 1 heterocycles. The number of amides is 1. The average Bonchev–Trinajstić information content (AvgIpc) is 2.61. The molecule has 0 aliphatic carbocycles. The van der Waals surface area contributed by atoms with Crippen LogP contribution in [0.2, 0.25) is 5.02 Å². The first-order valence-electron chi connectivity index (χ1n) is 7.73. The number of carbonyl (C=O) groups excluding carboxylic acids is 1. The molecule has 3 rings (SSSR count). The van der Waals surface area contributed by atoms with Gasteiger partial charge in [0.25, 0.3) is 0 Å². The van der Waals surface area contributed by atoms with E-state index in [2.05, 4.69) is 5.32 Å². The molecule has 25 heavy (non-hydrogen) atoms. The molecular weight excluding hydrogens is 346 g/mol. The third-order valence-corrected chi connectivity index (χ3v) is 4.23. The second-order valence-corrected chi connectivity index (χ2v) is 5.98. The summed E-state index contributed by atoms with van der Waals surface area (Å²) in [5.74, 6) is -0.655. The van der Waals surface area contributed by atoms with Crippen LogP contribution < -0.4 is 10.1 Å². The summed E-state index contributed by atoms with van der Waals surface area (Å²) in [4.78, 5) is 23.2. The smallest absolute Gasteiger partial charge is 0.412 e. The number of carboxylic acid groups (broad SMARTS) is 1. The van der Waals surface area contributed by atoms with E-state index in [4.69, 9.17) is 26.2 Å². The summed E-state index contributed by atoms with van der Waals surface area (Å²) in [6.45, 7) is 0.0269. The van der Waals surface area contributed by atoms with Crippen molar-refractivity contribution >= 4 is 29.4 Å². The van der Waals surface area contributed by atoms with Gasteiger partial charge in [-0.15, -0.1) is 0 Å². The van der Waals surface area contributed by atoms with E-state index in [1.54, 1.807) is 36.4 Å². The van der Waals surface area contributed by atoms with Gasteiger partial charge in [-0.1, -0.05) is 41.9 Å². The summed E-state index contributed by atoms with van der Waals surface area (Å²) in [6, 6.07) is 12.3. The number of ether oxygens (including phenoxy) is 2. The molecule has 0 unspecified atom stereocenters. The molecule has 0 spiro atoms. The molecule has 1 atom stereocenters. The summed E-state index contributed by atoms with van der Waals surface area (Å²) in [7, 11) is 0. The van der Waals surface area contributed by atoms with Gasteiger partial charge in [-0.2, -0.15) is 0 Å². The molecule has 2 aromatic rings. The molecule has 0 fully saturated rings. The van der Waals surface area contributed by atoms with Gasteiger partial charge in [0.1, 0.15) is 12.4 Å². The van der Waals surface area contributed by atoms with Gasteiger partial charge in [-0.05, 0) is 30.5 Å². The van der Waals surface area contributed by atoms with Crippen LogP contribution in [0.1, 0.15) is 17.5 Å². The first-order chi connectivity index (χ1) is 12.0. The number of halogens is 1. The quantitative estimate of drug-likeness (QED) is 0.863. The van der Waals surface area contributed by atoms with Gasteiger partial charge >= 0.3 is 12.1 Å². The number of rotatable bonds is 4. The van der Waals surface area contributed by atoms with Crippen LogP contribution in [0.15, 0.2) is 42.5 Å². The van der Waals surface area contributed by atoms with Gasteiger partial charge in [-0.3, -0.25) is 5.32 Å². The Bertz CT molecular complexity index is 808. The minimum absolute atomic E-state index is 0.0269. The Labute approximate surface area is 149 Å². The number of carboxylic acids is 1. The van der Waals surface area contributed by atoms with E-state index in [0.717, 1.165) is 5.56 Å². The number of hydrogen-bond acceptors (Lipinski definition) is 4. The van der Waals surface area contributed by atoms with Crippen molar-refractivity contribution in [2.45, 2.75) is 25.6 Å². The number of fused-ring (bicyclic) bond motifs is 1. The Morgan fingerprint density at radius 3 is 2.80 bits per heavy atom. The first-order valence-corrected chi connectivity index (χ1v) is 8.11. The fourth-order valence-corrected chi connectivity index (χ4v) is 2.78. The highest BCUT2D eigenvalue weighted by atomic mass is 35.5. The molecule has 6 nitrogen and oxygen atoms in total. The van der Waals surface area contributed by atoms with Crippen molar-refractivity contribution in [3.8, 4) is 5.75 Å². The molecular formula is C18H16ClNO5.